The molecular formula is C26H34N2O2. The normalized spacial score (nSPS) is 15.3. The van der Waals surface area contributed by atoms with E-state index in [1.165, 1.54) is 11.1 Å². The van der Waals surface area contributed by atoms with Gasteiger partial charge in [-0.05, 0) is 46.2 Å². The van der Waals surface area contributed by atoms with Gasteiger partial charge in [-0.25, -0.2) is 0 Å². The quantitative estimate of drug-likeness (QED) is 0.713. The lowest BCUT2D eigenvalue weighted by Crippen LogP contribution is -2.50. The van der Waals surface area contributed by atoms with Crippen LogP contribution in [0.3, 0.4) is 0 Å². The third-order valence-electron chi connectivity index (χ3n) is 5.85. The summed E-state index contributed by atoms with van der Waals surface area (Å²) in [5.74, 6) is 0.0779. The topological polar surface area (TPSA) is 40.6 Å². The van der Waals surface area contributed by atoms with Crippen LogP contribution in [-0.2, 0) is 10.8 Å². The van der Waals surface area contributed by atoms with Crippen LogP contribution in [0.2, 0.25) is 0 Å². The van der Waals surface area contributed by atoms with Gasteiger partial charge in [0.2, 0.25) is 0 Å². The van der Waals surface area contributed by atoms with Gasteiger partial charge in [0.1, 0.15) is 0 Å². The van der Waals surface area contributed by atoms with Crippen LogP contribution in [0.1, 0.15) is 73.4 Å². The van der Waals surface area contributed by atoms with Gasteiger partial charge in [0.15, 0.2) is 0 Å². The summed E-state index contributed by atoms with van der Waals surface area (Å²) in [5, 5.41) is 0. The molecular weight excluding hydrogens is 372 g/mol. The maximum Gasteiger partial charge on any atom is 0.253 e. The Balaban J connectivity index is 1.60. The Kier molecular flexibility index (Phi) is 6.07. The fraction of sp³-hybridized carbons (Fsp3) is 0.462. The van der Waals surface area contributed by atoms with E-state index in [9.17, 15) is 9.59 Å². The molecule has 0 unspecified atom stereocenters. The van der Waals surface area contributed by atoms with E-state index in [-0.39, 0.29) is 22.6 Å². The molecule has 1 aliphatic rings. The van der Waals surface area contributed by atoms with Crippen molar-refractivity contribution in [3.8, 4) is 0 Å². The summed E-state index contributed by atoms with van der Waals surface area (Å²) in [6, 6.07) is 15.8. The van der Waals surface area contributed by atoms with Crippen molar-refractivity contribution in [2.24, 2.45) is 0 Å². The van der Waals surface area contributed by atoms with Crippen LogP contribution in [0.15, 0.2) is 48.5 Å². The lowest BCUT2D eigenvalue weighted by molar-refractivity contribution is 0.0535. The maximum absolute atomic E-state index is 12.9. The molecule has 1 heterocycles. The zero-order chi connectivity index (χ0) is 22.1. The van der Waals surface area contributed by atoms with Crippen LogP contribution >= 0.6 is 0 Å². The fourth-order valence-electron chi connectivity index (χ4n) is 3.70. The lowest BCUT2D eigenvalue weighted by Gasteiger charge is -2.35. The first-order chi connectivity index (χ1) is 14.0. The van der Waals surface area contributed by atoms with Gasteiger partial charge in [0, 0.05) is 37.3 Å². The van der Waals surface area contributed by atoms with Crippen LogP contribution in [0.25, 0.3) is 0 Å². The van der Waals surface area contributed by atoms with Crippen molar-refractivity contribution in [3.63, 3.8) is 0 Å². The van der Waals surface area contributed by atoms with Crippen molar-refractivity contribution in [2.75, 3.05) is 26.2 Å². The Morgan fingerprint density at radius 1 is 0.567 bits per heavy atom. The standard InChI is InChI=1S/C26H34N2O2/c1-25(2,3)21-11-7-19(8-12-21)23(29)27-15-17-28(18-16-27)24(30)20-9-13-22(14-10-20)26(4,5)6/h7-14H,15-18H2,1-6H3. The van der Waals surface area contributed by atoms with Gasteiger partial charge in [-0.2, -0.15) is 0 Å². The van der Waals surface area contributed by atoms with Crippen LogP contribution in [0.4, 0.5) is 0 Å². The second kappa shape index (κ2) is 8.25. The fourth-order valence-corrected chi connectivity index (χ4v) is 3.70. The predicted molar refractivity (Wildman–Crippen MR) is 122 cm³/mol. The minimum absolute atomic E-state index is 0.0390. The van der Waals surface area contributed by atoms with Crippen LogP contribution < -0.4 is 0 Å². The number of rotatable bonds is 2. The summed E-state index contributed by atoms with van der Waals surface area (Å²) in [5.41, 5.74) is 3.98. The molecule has 2 aromatic rings. The lowest BCUT2D eigenvalue weighted by atomic mass is 9.86. The summed E-state index contributed by atoms with van der Waals surface area (Å²) in [6.07, 6.45) is 0. The Morgan fingerprint density at radius 3 is 1.07 bits per heavy atom. The predicted octanol–water partition coefficient (Wildman–Crippen LogP) is 4.88. The van der Waals surface area contributed by atoms with Crippen LogP contribution in [0.5, 0.6) is 0 Å². The molecule has 2 amide bonds. The van der Waals surface area contributed by atoms with Crippen molar-refractivity contribution >= 4 is 11.8 Å². The molecule has 1 aliphatic heterocycles. The molecule has 0 saturated carbocycles. The van der Waals surface area contributed by atoms with Gasteiger partial charge in [0.05, 0.1) is 0 Å². The molecule has 1 fully saturated rings. The van der Waals surface area contributed by atoms with Crippen LogP contribution in [0, 0.1) is 0 Å². The van der Waals surface area contributed by atoms with E-state index in [4.69, 9.17) is 0 Å². The van der Waals surface area contributed by atoms with E-state index in [0.717, 1.165) is 0 Å². The number of nitrogens with zero attached hydrogens (tertiary/aromatic N) is 2. The third kappa shape index (κ3) is 4.92. The summed E-state index contributed by atoms with van der Waals surface area (Å²) in [6.45, 7) is 15.2. The first-order valence-electron chi connectivity index (χ1n) is 10.8. The van der Waals surface area contributed by atoms with Gasteiger partial charge in [-0.1, -0.05) is 65.8 Å². The molecule has 0 N–H and O–H groups in total. The van der Waals surface area contributed by atoms with E-state index >= 15 is 0 Å². The van der Waals surface area contributed by atoms with Crippen molar-refractivity contribution in [1.29, 1.82) is 0 Å². The van der Waals surface area contributed by atoms with E-state index in [0.29, 0.717) is 37.3 Å². The summed E-state index contributed by atoms with van der Waals surface area (Å²) in [7, 11) is 0. The third-order valence-corrected chi connectivity index (χ3v) is 5.85. The molecule has 0 radical (unpaired) electrons. The van der Waals surface area contributed by atoms with Crippen molar-refractivity contribution < 1.29 is 9.59 Å². The molecule has 0 bridgehead atoms. The monoisotopic (exact) mass is 406 g/mol. The largest absolute Gasteiger partial charge is 0.335 e. The van der Waals surface area contributed by atoms with E-state index in [1.54, 1.807) is 0 Å². The van der Waals surface area contributed by atoms with Crippen LogP contribution in [-0.4, -0.2) is 47.8 Å². The molecule has 30 heavy (non-hydrogen) atoms. The smallest absolute Gasteiger partial charge is 0.253 e. The highest BCUT2D eigenvalue weighted by Gasteiger charge is 2.26. The molecule has 0 spiro atoms. The van der Waals surface area contributed by atoms with Gasteiger partial charge >= 0.3 is 0 Å². The summed E-state index contributed by atoms with van der Waals surface area (Å²) < 4.78 is 0. The minimum Gasteiger partial charge on any atom is -0.335 e. The Labute approximate surface area is 180 Å². The number of hydrogen-bond donors (Lipinski definition) is 0. The second-order valence-electron chi connectivity index (χ2n) is 10.2. The number of benzene rings is 2. The summed E-state index contributed by atoms with van der Waals surface area (Å²) in [4.78, 5) is 29.4. The Morgan fingerprint density at radius 2 is 0.833 bits per heavy atom. The maximum atomic E-state index is 12.9. The molecule has 0 atom stereocenters. The molecule has 2 aromatic carbocycles. The summed E-state index contributed by atoms with van der Waals surface area (Å²) >= 11 is 0. The van der Waals surface area contributed by atoms with Crippen molar-refractivity contribution in [2.45, 2.75) is 52.4 Å². The minimum atomic E-state index is 0.0390. The number of piperazine rings is 1. The highest BCUT2D eigenvalue weighted by molar-refractivity contribution is 5.96. The van der Waals surface area contributed by atoms with Gasteiger partial charge in [-0.3, -0.25) is 9.59 Å². The van der Waals surface area contributed by atoms with E-state index in [2.05, 4.69) is 41.5 Å². The Hall–Kier alpha value is -2.62. The van der Waals surface area contributed by atoms with Gasteiger partial charge in [-0.15, -0.1) is 0 Å². The van der Waals surface area contributed by atoms with Crippen molar-refractivity contribution in [3.05, 3.63) is 70.8 Å². The zero-order valence-corrected chi connectivity index (χ0v) is 19.2. The number of amides is 2. The Bertz CT molecular complexity index is 815. The zero-order valence-electron chi connectivity index (χ0n) is 19.2. The number of hydrogen-bond acceptors (Lipinski definition) is 2. The molecule has 1 saturated heterocycles. The molecule has 0 aliphatic carbocycles. The second-order valence-corrected chi connectivity index (χ2v) is 10.2. The molecule has 4 heteroatoms. The average molecular weight is 407 g/mol. The average Bonchev–Trinajstić information content (AvgIpc) is 2.72. The van der Waals surface area contributed by atoms with Gasteiger partial charge in [0.25, 0.3) is 11.8 Å². The van der Waals surface area contributed by atoms with E-state index < -0.39 is 0 Å². The SMILES string of the molecule is CC(C)(C)c1ccc(C(=O)N2CCN(C(=O)c3ccc(C(C)(C)C)cc3)CC2)cc1. The molecule has 3 rings (SSSR count). The number of carbonyl (C=O) groups excluding carboxylic acids is 2. The van der Waals surface area contributed by atoms with Crippen molar-refractivity contribution in [1.82, 2.24) is 9.80 Å². The molecule has 4 nitrogen and oxygen atoms in total. The first-order valence-corrected chi connectivity index (χ1v) is 10.8. The highest BCUT2D eigenvalue weighted by Crippen LogP contribution is 2.24. The van der Waals surface area contributed by atoms with E-state index in [1.807, 2.05) is 58.3 Å². The number of carbonyl (C=O) groups is 2. The molecule has 0 aromatic heterocycles. The first kappa shape index (κ1) is 22.1. The molecule has 160 valence electrons. The van der Waals surface area contributed by atoms with Gasteiger partial charge < -0.3 is 9.80 Å². The highest BCUT2D eigenvalue weighted by atomic mass is 16.2.